The van der Waals surface area contributed by atoms with Gasteiger partial charge in [0.05, 0.1) is 31.2 Å². The summed E-state index contributed by atoms with van der Waals surface area (Å²) in [7, 11) is 1.13. The van der Waals surface area contributed by atoms with Crippen LogP contribution in [0.1, 0.15) is 21.7 Å². The second kappa shape index (κ2) is 5.73. The summed E-state index contributed by atoms with van der Waals surface area (Å²) in [6, 6.07) is 3.50. The molecule has 1 heterocycles. The lowest BCUT2D eigenvalue weighted by molar-refractivity contribution is 0.0595. The van der Waals surface area contributed by atoms with Crippen molar-refractivity contribution in [3.8, 4) is 0 Å². The number of methoxy groups -OCH3 is 1. The molecule has 20 heavy (non-hydrogen) atoms. The number of rotatable bonds is 4. The minimum absolute atomic E-state index is 0.00241. The van der Waals surface area contributed by atoms with Crippen LogP contribution in [0.15, 0.2) is 28.9 Å². The number of aryl methyl sites for hydroxylation is 1. The predicted octanol–water partition coefficient (Wildman–Crippen LogP) is 3.26. The first-order valence-corrected chi connectivity index (χ1v) is 5.87. The number of ether oxygens (including phenoxy) is 1. The zero-order valence-electron chi connectivity index (χ0n) is 11.0. The normalized spacial score (nSPS) is 10.4. The Bertz CT molecular complexity index is 637. The van der Waals surface area contributed by atoms with Crippen LogP contribution in [0.25, 0.3) is 0 Å². The van der Waals surface area contributed by atoms with Gasteiger partial charge in [0, 0.05) is 6.07 Å². The molecule has 0 spiro atoms. The highest BCUT2D eigenvalue weighted by Crippen LogP contribution is 2.21. The van der Waals surface area contributed by atoms with Crippen LogP contribution in [-0.2, 0) is 11.3 Å². The summed E-state index contributed by atoms with van der Waals surface area (Å²) >= 11 is 0. The van der Waals surface area contributed by atoms with Crippen LogP contribution in [0, 0.1) is 18.6 Å². The Morgan fingerprint density at radius 3 is 2.70 bits per heavy atom. The molecule has 0 radical (unpaired) electrons. The van der Waals surface area contributed by atoms with Gasteiger partial charge < -0.3 is 14.5 Å². The summed E-state index contributed by atoms with van der Waals surface area (Å²) in [6.45, 7) is 2.07. The lowest BCUT2D eigenvalue weighted by Gasteiger charge is -2.09. The van der Waals surface area contributed by atoms with Crippen LogP contribution < -0.4 is 5.32 Å². The molecular weight excluding hydrogens is 268 g/mol. The summed E-state index contributed by atoms with van der Waals surface area (Å²) in [5, 5.41) is 2.76. The molecule has 2 rings (SSSR count). The second-order valence-electron chi connectivity index (χ2n) is 4.18. The number of nitrogens with one attached hydrogen (secondary N) is 1. The minimum Gasteiger partial charge on any atom is -0.467 e. The monoisotopic (exact) mass is 281 g/mol. The molecule has 0 unspecified atom stereocenters. The van der Waals surface area contributed by atoms with E-state index in [4.69, 9.17) is 4.42 Å². The molecule has 0 aliphatic rings. The summed E-state index contributed by atoms with van der Waals surface area (Å²) in [6.07, 6.45) is 1.52. The topological polar surface area (TPSA) is 51.5 Å². The molecule has 106 valence electrons. The highest BCUT2D eigenvalue weighted by atomic mass is 19.1. The highest BCUT2D eigenvalue weighted by molar-refractivity contribution is 5.90. The van der Waals surface area contributed by atoms with Gasteiger partial charge in [-0.2, -0.15) is 0 Å². The van der Waals surface area contributed by atoms with E-state index >= 15 is 0 Å². The lowest BCUT2D eigenvalue weighted by Crippen LogP contribution is -2.08. The maximum absolute atomic E-state index is 13.6. The standard InChI is InChI=1S/C14H13F2NO3/c1-8-3-4-20-13(8)7-17-12-5-9(14(18)19-2)10(15)6-11(12)16/h3-6,17H,7H2,1-2H3. The van der Waals surface area contributed by atoms with E-state index in [0.29, 0.717) is 11.8 Å². The van der Waals surface area contributed by atoms with Crippen molar-refractivity contribution in [1.82, 2.24) is 0 Å². The zero-order valence-corrected chi connectivity index (χ0v) is 11.0. The van der Waals surface area contributed by atoms with Gasteiger partial charge >= 0.3 is 5.97 Å². The number of benzene rings is 1. The molecule has 0 amide bonds. The SMILES string of the molecule is COC(=O)c1cc(NCc2occc2C)c(F)cc1F. The molecule has 0 aliphatic heterocycles. The van der Waals surface area contributed by atoms with Gasteiger partial charge in [-0.15, -0.1) is 0 Å². The molecular formula is C14H13F2NO3. The number of halogens is 2. The number of hydrogen-bond acceptors (Lipinski definition) is 4. The van der Waals surface area contributed by atoms with E-state index in [1.165, 1.54) is 6.26 Å². The van der Waals surface area contributed by atoms with E-state index in [9.17, 15) is 13.6 Å². The number of carbonyl (C=O) groups is 1. The van der Waals surface area contributed by atoms with Crippen LogP contribution in [0.2, 0.25) is 0 Å². The van der Waals surface area contributed by atoms with Gasteiger partial charge in [-0.3, -0.25) is 0 Å². The number of hydrogen-bond donors (Lipinski definition) is 1. The van der Waals surface area contributed by atoms with Crippen molar-refractivity contribution in [2.75, 3.05) is 12.4 Å². The zero-order chi connectivity index (χ0) is 14.7. The first-order valence-electron chi connectivity index (χ1n) is 5.87. The maximum atomic E-state index is 13.6. The molecule has 0 saturated carbocycles. The second-order valence-corrected chi connectivity index (χ2v) is 4.18. The molecule has 6 heteroatoms. The van der Waals surface area contributed by atoms with E-state index in [-0.39, 0.29) is 17.8 Å². The Labute approximate surface area is 114 Å². The molecule has 0 atom stereocenters. The summed E-state index contributed by atoms with van der Waals surface area (Å²) < 4.78 is 36.7. The van der Waals surface area contributed by atoms with Gasteiger partial charge in [0.2, 0.25) is 0 Å². The van der Waals surface area contributed by atoms with Crippen molar-refractivity contribution in [3.05, 3.63) is 53.0 Å². The lowest BCUT2D eigenvalue weighted by atomic mass is 10.1. The number of esters is 1. The molecule has 2 aromatic rings. The molecule has 1 N–H and O–H groups in total. The van der Waals surface area contributed by atoms with Crippen LogP contribution in [0.4, 0.5) is 14.5 Å². The third-order valence-corrected chi connectivity index (χ3v) is 2.87. The fraction of sp³-hybridized carbons (Fsp3) is 0.214. The Morgan fingerprint density at radius 1 is 1.35 bits per heavy atom. The van der Waals surface area contributed by atoms with Crippen molar-refractivity contribution < 1.29 is 22.7 Å². The van der Waals surface area contributed by atoms with Crippen LogP contribution in [0.5, 0.6) is 0 Å². The number of furan rings is 1. The Balaban J connectivity index is 2.23. The van der Waals surface area contributed by atoms with Crippen LogP contribution >= 0.6 is 0 Å². The molecule has 1 aromatic carbocycles. The van der Waals surface area contributed by atoms with Crippen LogP contribution in [-0.4, -0.2) is 13.1 Å². The highest BCUT2D eigenvalue weighted by Gasteiger charge is 2.16. The molecule has 1 aromatic heterocycles. The van der Waals surface area contributed by atoms with E-state index in [1.54, 1.807) is 6.07 Å². The fourth-order valence-electron chi connectivity index (χ4n) is 1.71. The quantitative estimate of drug-likeness (QED) is 0.874. The first-order chi connectivity index (χ1) is 9.52. The van der Waals surface area contributed by atoms with E-state index in [1.807, 2.05) is 6.92 Å². The largest absolute Gasteiger partial charge is 0.467 e. The Kier molecular flexibility index (Phi) is 4.02. The molecule has 0 aliphatic carbocycles. The van der Waals surface area contributed by atoms with E-state index in [0.717, 1.165) is 18.7 Å². The average Bonchev–Trinajstić information content (AvgIpc) is 2.82. The van der Waals surface area contributed by atoms with Gasteiger partial charge in [0.15, 0.2) is 0 Å². The van der Waals surface area contributed by atoms with Gasteiger partial charge in [0.25, 0.3) is 0 Å². The predicted molar refractivity (Wildman–Crippen MR) is 68.5 cm³/mol. The maximum Gasteiger partial charge on any atom is 0.340 e. The third-order valence-electron chi connectivity index (χ3n) is 2.87. The summed E-state index contributed by atoms with van der Waals surface area (Å²) in [4.78, 5) is 11.4. The van der Waals surface area contributed by atoms with Gasteiger partial charge in [-0.05, 0) is 24.6 Å². The van der Waals surface area contributed by atoms with Crippen molar-refractivity contribution in [2.45, 2.75) is 13.5 Å². The Morgan fingerprint density at radius 2 is 2.10 bits per heavy atom. The van der Waals surface area contributed by atoms with Crippen molar-refractivity contribution >= 4 is 11.7 Å². The van der Waals surface area contributed by atoms with Gasteiger partial charge in [0.1, 0.15) is 17.4 Å². The van der Waals surface area contributed by atoms with Crippen LogP contribution in [0.3, 0.4) is 0 Å². The number of anilines is 1. The first kappa shape index (κ1) is 14.0. The molecule has 4 nitrogen and oxygen atoms in total. The third kappa shape index (κ3) is 2.79. The summed E-state index contributed by atoms with van der Waals surface area (Å²) in [5.41, 5.74) is 0.586. The van der Waals surface area contributed by atoms with Gasteiger partial charge in [-0.1, -0.05) is 0 Å². The molecule has 0 saturated heterocycles. The van der Waals surface area contributed by atoms with Gasteiger partial charge in [-0.25, -0.2) is 13.6 Å². The van der Waals surface area contributed by atoms with E-state index in [2.05, 4.69) is 10.1 Å². The smallest absolute Gasteiger partial charge is 0.340 e. The number of carbonyl (C=O) groups excluding carboxylic acids is 1. The molecule has 0 fully saturated rings. The molecule has 0 bridgehead atoms. The summed E-state index contributed by atoms with van der Waals surface area (Å²) in [5.74, 6) is -1.98. The van der Waals surface area contributed by atoms with Crippen molar-refractivity contribution in [1.29, 1.82) is 0 Å². The fourth-order valence-corrected chi connectivity index (χ4v) is 1.71. The van der Waals surface area contributed by atoms with Crippen molar-refractivity contribution in [2.24, 2.45) is 0 Å². The van der Waals surface area contributed by atoms with E-state index < -0.39 is 17.6 Å². The average molecular weight is 281 g/mol. The van der Waals surface area contributed by atoms with Crippen molar-refractivity contribution in [3.63, 3.8) is 0 Å². The Hall–Kier alpha value is -2.37. The minimum atomic E-state index is -0.964.